The molecule has 1 unspecified atom stereocenters. The van der Waals surface area contributed by atoms with Crippen LogP contribution < -0.4 is 0 Å². The van der Waals surface area contributed by atoms with Crippen molar-refractivity contribution in [1.29, 1.82) is 0 Å². The van der Waals surface area contributed by atoms with Crippen LogP contribution in [-0.4, -0.2) is 52.7 Å². The van der Waals surface area contributed by atoms with Crippen molar-refractivity contribution in [2.75, 3.05) is 19.7 Å². The quantitative estimate of drug-likeness (QED) is 0.763. The number of aromatic nitrogens is 1. The molecular formula is C20H30N2O4S. The third-order valence-electron chi connectivity index (χ3n) is 6.02. The topological polar surface area (TPSA) is 79.7 Å². The van der Waals surface area contributed by atoms with E-state index in [0.717, 1.165) is 45.2 Å². The molecule has 1 aromatic rings. The van der Waals surface area contributed by atoms with E-state index in [4.69, 9.17) is 4.74 Å². The molecule has 7 heteroatoms. The van der Waals surface area contributed by atoms with Crippen LogP contribution in [0.3, 0.4) is 0 Å². The van der Waals surface area contributed by atoms with Gasteiger partial charge in [-0.25, -0.2) is 4.98 Å². The first kappa shape index (κ1) is 20.3. The number of thiazole rings is 1. The average molecular weight is 395 g/mol. The molecule has 6 nitrogen and oxygen atoms in total. The summed E-state index contributed by atoms with van der Waals surface area (Å²) >= 11 is 1.69. The zero-order chi connectivity index (χ0) is 19.3. The van der Waals surface area contributed by atoms with E-state index in [0.29, 0.717) is 25.2 Å². The maximum atomic E-state index is 12.6. The number of nitrogens with zero attached hydrogens (tertiary/aromatic N) is 2. The largest absolute Gasteiger partial charge is 0.481 e. The van der Waals surface area contributed by atoms with Crippen molar-refractivity contribution < 1.29 is 19.4 Å². The van der Waals surface area contributed by atoms with Crippen LogP contribution in [0.4, 0.5) is 0 Å². The number of carboxylic acids is 1. The van der Waals surface area contributed by atoms with Gasteiger partial charge in [-0.3, -0.25) is 9.59 Å². The van der Waals surface area contributed by atoms with E-state index >= 15 is 0 Å². The summed E-state index contributed by atoms with van der Waals surface area (Å²) in [5.41, 5.74) is -0.762. The first-order chi connectivity index (χ1) is 13.0. The van der Waals surface area contributed by atoms with Gasteiger partial charge < -0.3 is 14.7 Å². The summed E-state index contributed by atoms with van der Waals surface area (Å²) in [4.78, 5) is 30.6. The van der Waals surface area contributed by atoms with E-state index in [1.165, 1.54) is 5.01 Å². The number of carbonyl (C=O) groups is 2. The van der Waals surface area contributed by atoms with Gasteiger partial charge in [0, 0.05) is 30.6 Å². The van der Waals surface area contributed by atoms with Crippen molar-refractivity contribution >= 4 is 23.2 Å². The molecular weight excluding hydrogens is 364 g/mol. The molecule has 1 N–H and O–H groups in total. The molecule has 0 aromatic carbocycles. The molecule has 3 rings (SSSR count). The lowest BCUT2D eigenvalue weighted by atomic mass is 9.75. The Labute approximate surface area is 164 Å². The summed E-state index contributed by atoms with van der Waals surface area (Å²) in [5, 5.41) is 12.8. The normalized spacial score (nSPS) is 21.7. The highest BCUT2D eigenvalue weighted by Crippen LogP contribution is 2.37. The van der Waals surface area contributed by atoms with Crippen LogP contribution in [0.1, 0.15) is 69.2 Å². The molecule has 1 aliphatic carbocycles. The summed E-state index contributed by atoms with van der Waals surface area (Å²) in [6.45, 7) is 3.60. The van der Waals surface area contributed by atoms with Gasteiger partial charge in [0.25, 0.3) is 0 Å². The fraction of sp³-hybridized carbons (Fsp3) is 0.750. The van der Waals surface area contributed by atoms with Crippen LogP contribution in [0.2, 0.25) is 0 Å². The van der Waals surface area contributed by atoms with Crippen LogP contribution in [0.25, 0.3) is 0 Å². The Morgan fingerprint density at radius 3 is 2.63 bits per heavy atom. The Morgan fingerprint density at radius 1 is 1.33 bits per heavy atom. The first-order valence-electron chi connectivity index (χ1n) is 10.0. The lowest BCUT2D eigenvalue weighted by Crippen LogP contribution is -2.41. The Bertz CT molecular complexity index is 620. The van der Waals surface area contributed by atoms with Crippen LogP contribution in [-0.2, 0) is 14.3 Å². The van der Waals surface area contributed by atoms with Crippen LogP contribution in [0.15, 0.2) is 11.6 Å². The fourth-order valence-corrected chi connectivity index (χ4v) is 5.01. The molecule has 1 saturated carbocycles. The number of hydrogen-bond donors (Lipinski definition) is 1. The van der Waals surface area contributed by atoms with E-state index in [1.807, 2.05) is 23.4 Å². The minimum atomic E-state index is -0.762. The number of aliphatic carboxylic acids is 1. The second-order valence-electron chi connectivity index (χ2n) is 8.00. The van der Waals surface area contributed by atoms with E-state index in [1.54, 1.807) is 11.3 Å². The van der Waals surface area contributed by atoms with E-state index < -0.39 is 11.4 Å². The standard InChI is InChI=1S/C20H30N2O4S/c1-15(26-14-20(19(24)25)7-3-2-4-8-20)13-17(23)22-10-5-16(6-11-22)18-21-9-12-27-18/h9,12,15-16H,2-8,10-11,13-14H2,1H3,(H,24,25). The van der Waals surface area contributed by atoms with Crippen molar-refractivity contribution in [3.8, 4) is 0 Å². The molecule has 150 valence electrons. The van der Waals surface area contributed by atoms with Crippen molar-refractivity contribution in [2.45, 2.75) is 70.3 Å². The molecule has 1 amide bonds. The highest BCUT2D eigenvalue weighted by atomic mass is 32.1. The summed E-state index contributed by atoms with van der Waals surface area (Å²) in [6.07, 6.45) is 8.14. The zero-order valence-electron chi connectivity index (χ0n) is 16.1. The Hall–Kier alpha value is -1.47. The minimum Gasteiger partial charge on any atom is -0.481 e. The molecule has 1 saturated heterocycles. The molecule has 0 spiro atoms. The van der Waals surface area contributed by atoms with Crippen molar-refractivity contribution in [1.82, 2.24) is 9.88 Å². The lowest BCUT2D eigenvalue weighted by Gasteiger charge is -2.34. The molecule has 0 bridgehead atoms. The van der Waals surface area contributed by atoms with Crippen molar-refractivity contribution in [3.05, 3.63) is 16.6 Å². The highest BCUT2D eigenvalue weighted by molar-refractivity contribution is 7.09. The van der Waals surface area contributed by atoms with Gasteiger partial charge in [-0.05, 0) is 32.6 Å². The third-order valence-corrected chi connectivity index (χ3v) is 6.96. The predicted octanol–water partition coefficient (Wildman–Crippen LogP) is 3.68. The Kier molecular flexibility index (Phi) is 6.87. The molecule has 1 aliphatic heterocycles. The second kappa shape index (κ2) is 9.15. The fourth-order valence-electron chi connectivity index (χ4n) is 4.20. The molecule has 2 aliphatic rings. The van der Waals surface area contributed by atoms with E-state index in [-0.39, 0.29) is 18.6 Å². The van der Waals surface area contributed by atoms with Gasteiger partial charge in [-0.2, -0.15) is 0 Å². The van der Waals surface area contributed by atoms with Gasteiger partial charge in [0.05, 0.1) is 29.6 Å². The highest BCUT2D eigenvalue weighted by Gasteiger charge is 2.40. The SMILES string of the molecule is CC(CC(=O)N1CCC(c2nccs2)CC1)OCC1(C(=O)O)CCCCC1. The van der Waals surface area contributed by atoms with Gasteiger partial charge in [0.1, 0.15) is 0 Å². The number of amides is 1. The second-order valence-corrected chi connectivity index (χ2v) is 8.92. The van der Waals surface area contributed by atoms with Gasteiger partial charge in [-0.1, -0.05) is 19.3 Å². The monoisotopic (exact) mass is 394 g/mol. The van der Waals surface area contributed by atoms with Gasteiger partial charge in [0.15, 0.2) is 0 Å². The molecule has 1 atom stereocenters. The van der Waals surface area contributed by atoms with E-state index in [9.17, 15) is 14.7 Å². The van der Waals surface area contributed by atoms with Gasteiger partial charge in [-0.15, -0.1) is 11.3 Å². The number of carbonyl (C=O) groups excluding carboxylic acids is 1. The van der Waals surface area contributed by atoms with Crippen LogP contribution in [0, 0.1) is 5.41 Å². The molecule has 2 fully saturated rings. The number of hydrogen-bond acceptors (Lipinski definition) is 5. The molecule has 0 radical (unpaired) electrons. The Balaban J connectivity index is 1.43. The lowest BCUT2D eigenvalue weighted by molar-refractivity contribution is -0.157. The van der Waals surface area contributed by atoms with Crippen molar-refractivity contribution in [2.24, 2.45) is 5.41 Å². The molecule has 27 heavy (non-hydrogen) atoms. The smallest absolute Gasteiger partial charge is 0.311 e. The van der Waals surface area contributed by atoms with Crippen LogP contribution >= 0.6 is 11.3 Å². The summed E-state index contributed by atoms with van der Waals surface area (Å²) in [7, 11) is 0. The minimum absolute atomic E-state index is 0.105. The number of rotatable bonds is 7. The summed E-state index contributed by atoms with van der Waals surface area (Å²) in [6, 6.07) is 0. The van der Waals surface area contributed by atoms with Crippen molar-refractivity contribution in [3.63, 3.8) is 0 Å². The summed E-state index contributed by atoms with van der Waals surface area (Å²) in [5.74, 6) is -0.192. The first-order valence-corrected chi connectivity index (χ1v) is 10.9. The van der Waals surface area contributed by atoms with Gasteiger partial charge in [0.2, 0.25) is 5.91 Å². The maximum Gasteiger partial charge on any atom is 0.311 e. The average Bonchev–Trinajstić information content (AvgIpc) is 3.22. The van der Waals surface area contributed by atoms with E-state index in [2.05, 4.69) is 4.98 Å². The summed E-state index contributed by atoms with van der Waals surface area (Å²) < 4.78 is 5.85. The van der Waals surface area contributed by atoms with Gasteiger partial charge >= 0.3 is 5.97 Å². The zero-order valence-corrected chi connectivity index (χ0v) is 16.9. The third kappa shape index (κ3) is 5.08. The number of ether oxygens (including phenoxy) is 1. The number of carboxylic acid groups (broad SMARTS) is 1. The molecule has 2 heterocycles. The number of likely N-dealkylation sites (tertiary alicyclic amines) is 1. The molecule has 1 aromatic heterocycles. The maximum absolute atomic E-state index is 12.6. The Morgan fingerprint density at radius 2 is 2.04 bits per heavy atom. The van der Waals surface area contributed by atoms with Crippen LogP contribution in [0.5, 0.6) is 0 Å². The predicted molar refractivity (Wildman–Crippen MR) is 104 cm³/mol. The number of piperidine rings is 1.